The molecule has 0 atom stereocenters. The van der Waals surface area contributed by atoms with Crippen molar-refractivity contribution in [2.24, 2.45) is 0 Å². The van der Waals surface area contributed by atoms with Crippen molar-refractivity contribution in [1.29, 1.82) is 0 Å². The Morgan fingerprint density at radius 1 is 1.07 bits per heavy atom. The zero-order valence-corrected chi connectivity index (χ0v) is 15.0. The summed E-state index contributed by atoms with van der Waals surface area (Å²) in [6.45, 7) is 2.32. The molecule has 0 unspecified atom stereocenters. The SMILES string of the molecule is CCOC(=O)c1ccc(Nc2nncc(Nc3ccc4c(c3)OCO4)n2)cc1. The number of carbonyl (C=O) groups excluding carboxylic acids is 1. The molecule has 0 saturated heterocycles. The highest BCUT2D eigenvalue weighted by atomic mass is 16.7. The molecule has 142 valence electrons. The summed E-state index contributed by atoms with van der Waals surface area (Å²) in [5.41, 5.74) is 1.98. The van der Waals surface area contributed by atoms with E-state index >= 15 is 0 Å². The minimum atomic E-state index is -0.359. The third-order valence-corrected chi connectivity index (χ3v) is 3.86. The maximum atomic E-state index is 11.7. The minimum absolute atomic E-state index is 0.219. The Labute approximate surface area is 160 Å². The lowest BCUT2D eigenvalue weighted by Gasteiger charge is -2.09. The molecule has 3 aromatic rings. The predicted octanol–water partition coefficient (Wildman–Crippen LogP) is 3.26. The fraction of sp³-hybridized carbons (Fsp3) is 0.158. The molecular weight excluding hydrogens is 362 g/mol. The van der Waals surface area contributed by atoms with Gasteiger partial charge in [-0.2, -0.15) is 10.1 Å². The van der Waals surface area contributed by atoms with Gasteiger partial charge in [0.25, 0.3) is 0 Å². The Morgan fingerprint density at radius 2 is 1.86 bits per heavy atom. The average molecular weight is 379 g/mol. The van der Waals surface area contributed by atoms with Crippen LogP contribution in [0.4, 0.5) is 23.1 Å². The highest BCUT2D eigenvalue weighted by molar-refractivity contribution is 5.89. The van der Waals surface area contributed by atoms with Gasteiger partial charge < -0.3 is 24.8 Å². The smallest absolute Gasteiger partial charge is 0.338 e. The number of anilines is 4. The van der Waals surface area contributed by atoms with Crippen LogP contribution in [-0.2, 0) is 4.74 Å². The lowest BCUT2D eigenvalue weighted by Crippen LogP contribution is -2.05. The lowest BCUT2D eigenvalue weighted by atomic mass is 10.2. The van der Waals surface area contributed by atoms with E-state index in [0.717, 1.165) is 11.4 Å². The minimum Gasteiger partial charge on any atom is -0.462 e. The third kappa shape index (κ3) is 3.93. The number of nitrogens with zero attached hydrogens (tertiary/aromatic N) is 3. The van der Waals surface area contributed by atoms with Crippen molar-refractivity contribution in [3.8, 4) is 11.5 Å². The first-order valence-electron chi connectivity index (χ1n) is 8.62. The molecule has 2 aromatic carbocycles. The maximum absolute atomic E-state index is 11.7. The average Bonchev–Trinajstić information content (AvgIpc) is 3.17. The molecule has 28 heavy (non-hydrogen) atoms. The second-order valence-electron chi connectivity index (χ2n) is 5.78. The first-order chi connectivity index (χ1) is 13.7. The van der Waals surface area contributed by atoms with Crippen molar-refractivity contribution in [3.05, 3.63) is 54.2 Å². The van der Waals surface area contributed by atoms with E-state index in [0.29, 0.717) is 35.4 Å². The van der Waals surface area contributed by atoms with Gasteiger partial charge in [-0.15, -0.1) is 5.10 Å². The summed E-state index contributed by atoms with van der Waals surface area (Å²) >= 11 is 0. The molecule has 0 radical (unpaired) electrons. The number of carbonyl (C=O) groups is 1. The van der Waals surface area contributed by atoms with Crippen LogP contribution in [0.3, 0.4) is 0 Å². The number of esters is 1. The van der Waals surface area contributed by atoms with Gasteiger partial charge in [0.15, 0.2) is 17.3 Å². The zero-order chi connectivity index (χ0) is 19.3. The monoisotopic (exact) mass is 379 g/mol. The molecule has 0 bridgehead atoms. The van der Waals surface area contributed by atoms with Gasteiger partial charge in [0.1, 0.15) is 0 Å². The van der Waals surface area contributed by atoms with E-state index in [-0.39, 0.29) is 12.8 Å². The van der Waals surface area contributed by atoms with E-state index < -0.39 is 0 Å². The molecule has 0 saturated carbocycles. The second kappa shape index (κ2) is 7.78. The van der Waals surface area contributed by atoms with Crippen LogP contribution in [0.5, 0.6) is 11.5 Å². The number of hydrogen-bond acceptors (Lipinski definition) is 9. The Bertz CT molecular complexity index is 994. The van der Waals surface area contributed by atoms with Gasteiger partial charge >= 0.3 is 5.97 Å². The quantitative estimate of drug-likeness (QED) is 0.624. The molecule has 0 spiro atoms. The first kappa shape index (κ1) is 17.5. The molecule has 0 aliphatic carbocycles. The van der Waals surface area contributed by atoms with Crippen LogP contribution in [0.25, 0.3) is 0 Å². The molecule has 2 heterocycles. The van der Waals surface area contributed by atoms with Crippen molar-refractivity contribution < 1.29 is 19.0 Å². The van der Waals surface area contributed by atoms with E-state index in [1.54, 1.807) is 31.2 Å². The van der Waals surface area contributed by atoms with Crippen molar-refractivity contribution in [3.63, 3.8) is 0 Å². The molecule has 9 heteroatoms. The second-order valence-corrected chi connectivity index (χ2v) is 5.78. The lowest BCUT2D eigenvalue weighted by molar-refractivity contribution is 0.0526. The van der Waals surface area contributed by atoms with E-state index in [2.05, 4.69) is 25.8 Å². The number of fused-ring (bicyclic) bond motifs is 1. The number of hydrogen-bond donors (Lipinski definition) is 2. The van der Waals surface area contributed by atoms with E-state index in [9.17, 15) is 4.79 Å². The van der Waals surface area contributed by atoms with Gasteiger partial charge in [0.2, 0.25) is 12.7 Å². The van der Waals surface area contributed by atoms with Gasteiger partial charge in [0.05, 0.1) is 18.4 Å². The summed E-state index contributed by atoms with van der Waals surface area (Å²) in [6, 6.07) is 12.3. The Hall–Kier alpha value is -3.88. The van der Waals surface area contributed by atoms with Crippen LogP contribution in [-0.4, -0.2) is 34.6 Å². The maximum Gasteiger partial charge on any atom is 0.338 e. The molecule has 4 rings (SSSR count). The van der Waals surface area contributed by atoms with Gasteiger partial charge in [-0.25, -0.2) is 4.79 Å². The Kier molecular flexibility index (Phi) is 4.87. The molecule has 1 aromatic heterocycles. The van der Waals surface area contributed by atoms with E-state index in [1.165, 1.54) is 6.20 Å². The number of ether oxygens (including phenoxy) is 3. The number of rotatable bonds is 6. The van der Waals surface area contributed by atoms with Crippen molar-refractivity contribution >= 4 is 29.1 Å². The summed E-state index contributed by atoms with van der Waals surface area (Å²) in [5, 5.41) is 14.1. The molecule has 9 nitrogen and oxygen atoms in total. The Balaban J connectivity index is 1.44. The van der Waals surface area contributed by atoms with E-state index in [1.807, 2.05) is 18.2 Å². The highest BCUT2D eigenvalue weighted by Gasteiger charge is 2.13. The fourth-order valence-corrected chi connectivity index (χ4v) is 2.57. The van der Waals surface area contributed by atoms with Crippen molar-refractivity contribution in [1.82, 2.24) is 15.2 Å². The van der Waals surface area contributed by atoms with Crippen LogP contribution >= 0.6 is 0 Å². The normalized spacial score (nSPS) is 11.8. The first-order valence-corrected chi connectivity index (χ1v) is 8.62. The van der Waals surface area contributed by atoms with Crippen LogP contribution in [0.2, 0.25) is 0 Å². The molecule has 1 aliphatic heterocycles. The van der Waals surface area contributed by atoms with Crippen molar-refractivity contribution in [2.45, 2.75) is 6.92 Å². The molecular formula is C19H17N5O4. The summed E-state index contributed by atoms with van der Waals surface area (Å²) < 4.78 is 15.6. The van der Waals surface area contributed by atoms with Crippen molar-refractivity contribution in [2.75, 3.05) is 24.0 Å². The third-order valence-electron chi connectivity index (χ3n) is 3.86. The summed E-state index contributed by atoms with van der Waals surface area (Å²) in [4.78, 5) is 16.1. The standard InChI is InChI=1S/C19H17N5O4/c1-2-26-18(25)12-3-5-13(6-4-12)22-19-23-17(10-20-24-19)21-14-7-8-15-16(9-14)28-11-27-15/h3-10H,2,11H2,1H3,(H2,21,22,23,24). The molecule has 1 aliphatic rings. The van der Waals surface area contributed by atoms with Gasteiger partial charge in [-0.3, -0.25) is 0 Å². The molecule has 2 N–H and O–H groups in total. The highest BCUT2D eigenvalue weighted by Crippen LogP contribution is 2.34. The zero-order valence-electron chi connectivity index (χ0n) is 15.0. The van der Waals surface area contributed by atoms with Crippen LogP contribution in [0.1, 0.15) is 17.3 Å². The number of nitrogens with one attached hydrogen (secondary N) is 2. The van der Waals surface area contributed by atoms with Gasteiger partial charge in [-0.05, 0) is 43.3 Å². The number of aromatic nitrogens is 3. The number of benzene rings is 2. The van der Waals surface area contributed by atoms with Gasteiger partial charge in [0, 0.05) is 17.4 Å². The van der Waals surface area contributed by atoms with Crippen LogP contribution in [0.15, 0.2) is 48.7 Å². The van der Waals surface area contributed by atoms with E-state index in [4.69, 9.17) is 14.2 Å². The molecule has 0 amide bonds. The summed E-state index contributed by atoms with van der Waals surface area (Å²) in [7, 11) is 0. The summed E-state index contributed by atoms with van der Waals surface area (Å²) in [5.74, 6) is 1.85. The van der Waals surface area contributed by atoms with Crippen LogP contribution < -0.4 is 20.1 Å². The van der Waals surface area contributed by atoms with Crippen LogP contribution in [0, 0.1) is 0 Å². The summed E-state index contributed by atoms with van der Waals surface area (Å²) in [6.07, 6.45) is 1.51. The topological polar surface area (TPSA) is 107 Å². The Morgan fingerprint density at radius 3 is 2.68 bits per heavy atom. The van der Waals surface area contributed by atoms with Gasteiger partial charge in [-0.1, -0.05) is 0 Å². The largest absolute Gasteiger partial charge is 0.462 e. The molecule has 0 fully saturated rings. The fourth-order valence-electron chi connectivity index (χ4n) is 2.57. The predicted molar refractivity (Wildman–Crippen MR) is 101 cm³/mol.